The quantitative estimate of drug-likeness (QED) is 0.0176. The van der Waals surface area contributed by atoms with Crippen molar-refractivity contribution in [2.45, 2.75) is 174 Å². The zero-order chi connectivity index (χ0) is 62.1. The van der Waals surface area contributed by atoms with Crippen LogP contribution in [0, 0.1) is 17.8 Å². The van der Waals surface area contributed by atoms with Crippen LogP contribution in [0.4, 0.5) is 15.3 Å². The Kier molecular flexibility index (Phi) is 24.4. The number of amides is 6. The number of hydrogen-bond donors (Lipinski definition) is 6. The maximum atomic E-state index is 14.4. The summed E-state index contributed by atoms with van der Waals surface area (Å²) >= 11 is 1.12. The molecule has 2 aliphatic rings. The van der Waals surface area contributed by atoms with E-state index in [-0.39, 0.29) is 80.1 Å². The minimum absolute atomic E-state index is 0.0292. The maximum Gasteiger partial charge on any atom is 0.407 e. The molecule has 3 aromatic carbocycles. The molecule has 2 heterocycles. The second kappa shape index (κ2) is 31.1. The molecule has 1 aliphatic heterocycles. The van der Waals surface area contributed by atoms with Crippen molar-refractivity contribution in [3.63, 3.8) is 0 Å². The molecule has 1 fully saturated rings. The third kappa shape index (κ3) is 19.3. The number of likely N-dealkylation sites (tertiary alicyclic amines) is 1. The van der Waals surface area contributed by atoms with E-state index in [9.17, 15) is 43.5 Å². The number of thiazole rings is 1. The summed E-state index contributed by atoms with van der Waals surface area (Å²) in [6.07, 6.45) is 2.63. The number of fused-ring (bicyclic) bond motifs is 3. The molecule has 6 amide bonds. The first-order valence-electron chi connectivity index (χ1n) is 29.8. The zero-order valence-electron chi connectivity index (χ0n) is 51.2. The molecule has 85 heavy (non-hydrogen) atoms. The van der Waals surface area contributed by atoms with Gasteiger partial charge < -0.3 is 50.8 Å². The van der Waals surface area contributed by atoms with Crippen molar-refractivity contribution >= 4 is 64.8 Å². The third-order valence-electron chi connectivity index (χ3n) is 15.9. The second-order valence-electron chi connectivity index (χ2n) is 24.0. The highest BCUT2D eigenvalue weighted by Crippen LogP contribution is 2.44. The van der Waals surface area contributed by atoms with E-state index < -0.39 is 77.7 Å². The van der Waals surface area contributed by atoms with Crippen LogP contribution in [0.5, 0.6) is 0 Å². The number of likely N-dealkylation sites (N-methyl/N-ethyl adjacent to an activating group) is 2. The Morgan fingerprint density at radius 3 is 2.11 bits per heavy atom. The van der Waals surface area contributed by atoms with Gasteiger partial charge in [0.1, 0.15) is 35.0 Å². The van der Waals surface area contributed by atoms with E-state index in [2.05, 4.69) is 31.6 Å². The van der Waals surface area contributed by atoms with Gasteiger partial charge in [0.2, 0.25) is 17.7 Å². The molecule has 6 N–H and O–H groups in total. The van der Waals surface area contributed by atoms with Crippen molar-refractivity contribution in [1.82, 2.24) is 36.1 Å². The summed E-state index contributed by atoms with van der Waals surface area (Å²) < 4.78 is 17.0. The van der Waals surface area contributed by atoms with Crippen LogP contribution in [0.25, 0.3) is 11.1 Å². The predicted molar refractivity (Wildman–Crippen MR) is 326 cm³/mol. The van der Waals surface area contributed by atoms with E-state index in [0.717, 1.165) is 58.5 Å². The monoisotopic (exact) mass is 1190 g/mol. The largest absolute Gasteiger partial charge is 0.481 e. The Morgan fingerprint density at radius 2 is 1.51 bits per heavy atom. The predicted octanol–water partition coefficient (Wildman–Crippen LogP) is 9.63. The fourth-order valence-corrected chi connectivity index (χ4v) is 11.8. The number of aliphatic carboxylic acids is 1. The van der Waals surface area contributed by atoms with E-state index in [1.807, 2.05) is 88.2 Å². The average molecular weight is 1190 g/mol. The molecule has 1 saturated heterocycles. The number of unbranched alkanes of at least 4 members (excludes halogenated alkanes) is 1. The number of ether oxygens (including phenoxy) is 3. The number of nitrogens with zero attached hydrogens (tertiary/aromatic N) is 3. The van der Waals surface area contributed by atoms with Gasteiger partial charge in [0.15, 0.2) is 6.10 Å². The van der Waals surface area contributed by atoms with Crippen molar-refractivity contribution in [3.8, 4) is 11.1 Å². The van der Waals surface area contributed by atoms with Gasteiger partial charge in [-0.3, -0.25) is 33.7 Å². The van der Waals surface area contributed by atoms with Gasteiger partial charge >= 0.3 is 24.1 Å². The molecule has 1 aliphatic carbocycles. The van der Waals surface area contributed by atoms with Gasteiger partial charge in [0.25, 0.3) is 5.91 Å². The first-order valence-corrected chi connectivity index (χ1v) is 30.6. The minimum Gasteiger partial charge on any atom is -0.481 e. The second-order valence-corrected chi connectivity index (χ2v) is 24.9. The highest BCUT2D eigenvalue weighted by Gasteiger charge is 2.38. The summed E-state index contributed by atoms with van der Waals surface area (Å²) in [4.78, 5) is 115. The molecule has 8 atom stereocenters. The van der Waals surface area contributed by atoms with Crippen molar-refractivity contribution in [2.75, 3.05) is 39.1 Å². The van der Waals surface area contributed by atoms with Gasteiger partial charge in [0.05, 0.1) is 12.0 Å². The summed E-state index contributed by atoms with van der Waals surface area (Å²) in [6.45, 7) is 17.1. The number of benzene rings is 3. The molecule has 0 radical (unpaired) electrons. The van der Waals surface area contributed by atoms with Crippen LogP contribution < -0.4 is 26.6 Å². The molecule has 0 spiro atoms. The van der Waals surface area contributed by atoms with Crippen LogP contribution in [0.15, 0.2) is 78.2 Å². The van der Waals surface area contributed by atoms with Crippen molar-refractivity contribution in [1.29, 1.82) is 0 Å². The van der Waals surface area contributed by atoms with E-state index in [0.29, 0.717) is 36.4 Å². The fourth-order valence-electron chi connectivity index (χ4n) is 11.0. The molecular weight excluding hydrogens is 1100 g/mol. The first-order chi connectivity index (χ1) is 40.3. The number of carboxylic acids is 1. The minimum atomic E-state index is -1.05. The molecule has 6 rings (SSSR count). The molecule has 0 saturated carbocycles. The lowest BCUT2D eigenvalue weighted by molar-refractivity contribution is -0.149. The number of rotatable bonds is 28. The van der Waals surface area contributed by atoms with Gasteiger partial charge in [-0.1, -0.05) is 108 Å². The Balaban J connectivity index is 1.11. The number of alkyl carbamates (subject to hydrolysis) is 2. The van der Waals surface area contributed by atoms with Crippen LogP contribution in [-0.2, 0) is 44.6 Å². The zero-order valence-corrected chi connectivity index (χ0v) is 52.0. The smallest absolute Gasteiger partial charge is 0.407 e. The van der Waals surface area contributed by atoms with E-state index >= 15 is 0 Å². The van der Waals surface area contributed by atoms with Gasteiger partial charge in [-0.15, -0.1) is 11.3 Å². The average Bonchev–Trinajstić information content (AvgIpc) is 4.10. The summed E-state index contributed by atoms with van der Waals surface area (Å²) in [5.74, 6) is -4.46. The van der Waals surface area contributed by atoms with Crippen molar-refractivity contribution in [3.05, 3.63) is 106 Å². The summed E-state index contributed by atoms with van der Waals surface area (Å²) in [5.41, 5.74) is 4.74. The Hall–Kier alpha value is -7.39. The number of nitrogens with one attached hydrogen (secondary N) is 5. The van der Waals surface area contributed by atoms with E-state index in [1.165, 1.54) is 6.92 Å². The first kappa shape index (κ1) is 66.7. The topological polar surface area (TPSA) is 264 Å². The van der Waals surface area contributed by atoms with Crippen molar-refractivity contribution in [2.24, 2.45) is 17.8 Å². The molecular formula is C64H88N8O12S. The Labute approximate surface area is 504 Å². The number of aromatic nitrogens is 1. The molecule has 4 aromatic rings. The highest BCUT2D eigenvalue weighted by atomic mass is 32.1. The van der Waals surface area contributed by atoms with Crippen LogP contribution >= 0.6 is 11.3 Å². The van der Waals surface area contributed by atoms with Gasteiger partial charge in [0, 0.05) is 56.0 Å². The van der Waals surface area contributed by atoms with Crippen LogP contribution in [0.2, 0.25) is 0 Å². The molecule has 1 aromatic heterocycles. The number of hydrogen-bond acceptors (Lipinski definition) is 14. The number of esters is 1. The van der Waals surface area contributed by atoms with Crippen LogP contribution in [0.3, 0.4) is 0 Å². The number of piperidine rings is 1. The summed E-state index contributed by atoms with van der Waals surface area (Å²) in [6, 6.07) is 19.5. The van der Waals surface area contributed by atoms with Crippen LogP contribution in [-0.4, -0.2) is 137 Å². The van der Waals surface area contributed by atoms with Gasteiger partial charge in [-0.2, -0.15) is 0 Å². The molecule has 20 nitrogen and oxygen atoms in total. The standard InChI is InChI=1S/C64H88N8O12S/c1-12-39(4)55(70-58(76)52-26-18-20-32-71(52)10)60(77)72(11)53(38(2)3)35-54(83-41(6)73)59-68-51(37-85-59)57(75)67-44(33-40(5)61(78)79)34-42-27-29-43(30-28-42)66-56(74)50(25-17-19-31-65-62(80)84-64(7,8)9)69-63(81)82-36-49-47-23-15-13-21-45(47)46-22-14-16-24-48(46)49/h13-16,21-24,27-30,37-40,44,49-50,52-55H,12,17-20,25-26,31-36H2,1-11H3,(H,65,80)(H,66,74)(H,67,75)(H,69,81)(H,70,76)(H,78,79)/t39-,40?,44+,50-,52+,53+,54+,55-/m0/s1. The Morgan fingerprint density at radius 1 is 0.847 bits per heavy atom. The maximum absolute atomic E-state index is 14.4. The van der Waals surface area contributed by atoms with E-state index in [4.69, 9.17) is 14.2 Å². The SMILES string of the molecule is CC[C@H](C)[C@H](NC(=O)[C@H]1CCCCN1C)C(=O)N(C)[C@H](C[C@@H](OC(C)=O)c1nc(C(=O)N[C@@H](Cc2ccc(NC(=O)[C@H](CCCCNC(=O)OC(C)(C)C)NC(=O)OCC3c4ccccc4-c4ccccc43)cc2)CC(C)C(=O)O)cs1)C(C)C. The number of carbonyl (C=O) groups excluding carboxylic acids is 7. The summed E-state index contributed by atoms with van der Waals surface area (Å²) in [5, 5.41) is 26.3. The van der Waals surface area contributed by atoms with E-state index in [1.54, 1.807) is 69.3 Å². The van der Waals surface area contributed by atoms with Gasteiger partial charge in [-0.05, 0) is 131 Å². The number of carboxylic acid groups (broad SMARTS) is 1. The lowest BCUT2D eigenvalue weighted by Crippen LogP contribution is -2.58. The molecule has 1 unspecified atom stereocenters. The third-order valence-corrected chi connectivity index (χ3v) is 16.8. The Bertz CT molecular complexity index is 2900. The molecule has 21 heteroatoms. The lowest BCUT2D eigenvalue weighted by Gasteiger charge is -2.38. The van der Waals surface area contributed by atoms with Gasteiger partial charge in [-0.25, -0.2) is 14.6 Å². The normalized spacial score (nSPS) is 16.6. The van der Waals surface area contributed by atoms with Crippen molar-refractivity contribution < 1.29 is 57.7 Å². The number of carbonyl (C=O) groups is 8. The fraction of sp³-hybridized carbons (Fsp3) is 0.547. The molecule has 462 valence electrons. The number of anilines is 1. The highest BCUT2D eigenvalue weighted by molar-refractivity contribution is 7.09. The lowest BCUT2D eigenvalue weighted by atomic mass is 9.92. The van der Waals surface area contributed by atoms with Crippen LogP contribution in [0.1, 0.15) is 164 Å². The molecule has 0 bridgehead atoms. The summed E-state index contributed by atoms with van der Waals surface area (Å²) in [7, 11) is 3.62.